The molecule has 1 saturated heterocycles. The molecular weight excluding hydrogens is 206 g/mol. The number of ketones is 1. The summed E-state index contributed by atoms with van der Waals surface area (Å²) in [7, 11) is 1.38. The van der Waals surface area contributed by atoms with Crippen LogP contribution in [0.2, 0.25) is 0 Å². The van der Waals surface area contributed by atoms with E-state index in [0.717, 1.165) is 6.42 Å². The fourth-order valence-electron chi connectivity index (χ4n) is 2.87. The number of nitrogens with zero attached hydrogens (tertiary/aromatic N) is 1. The van der Waals surface area contributed by atoms with Crippen molar-refractivity contribution in [2.75, 3.05) is 13.7 Å². The molecule has 3 rings (SSSR count). The van der Waals surface area contributed by atoms with E-state index in [-0.39, 0.29) is 23.7 Å². The molecule has 4 nitrogen and oxygen atoms in total. The van der Waals surface area contributed by atoms with Crippen LogP contribution in [-0.2, 0) is 9.53 Å². The third kappa shape index (κ3) is 1.44. The fourth-order valence-corrected chi connectivity index (χ4v) is 2.87. The van der Waals surface area contributed by atoms with Crippen LogP contribution in [0.25, 0.3) is 0 Å². The van der Waals surface area contributed by atoms with Crippen molar-refractivity contribution in [3.05, 3.63) is 12.2 Å². The molecule has 1 aliphatic carbocycles. The number of fused-ring (bicyclic) bond motifs is 2. The van der Waals surface area contributed by atoms with Crippen LogP contribution in [-0.4, -0.2) is 36.0 Å². The molecule has 1 fully saturated rings. The summed E-state index contributed by atoms with van der Waals surface area (Å²) >= 11 is 0. The van der Waals surface area contributed by atoms with E-state index < -0.39 is 5.54 Å². The van der Waals surface area contributed by atoms with E-state index in [1.54, 1.807) is 11.8 Å². The summed E-state index contributed by atoms with van der Waals surface area (Å²) in [6.07, 6.45) is 4.59. The van der Waals surface area contributed by atoms with Crippen molar-refractivity contribution in [2.45, 2.75) is 25.8 Å². The highest BCUT2D eigenvalue weighted by Crippen LogP contribution is 2.43. The van der Waals surface area contributed by atoms with Gasteiger partial charge in [-0.1, -0.05) is 12.2 Å². The average Bonchev–Trinajstić information content (AvgIpc) is 2.27. The van der Waals surface area contributed by atoms with Crippen LogP contribution in [0.4, 0.5) is 4.79 Å². The number of rotatable bonds is 1. The molecule has 2 heterocycles. The quantitative estimate of drug-likeness (QED) is 0.634. The lowest BCUT2D eigenvalue weighted by Crippen LogP contribution is -2.62. The Hall–Kier alpha value is -1.32. The molecule has 2 bridgehead atoms. The van der Waals surface area contributed by atoms with E-state index in [4.69, 9.17) is 4.74 Å². The van der Waals surface area contributed by atoms with Gasteiger partial charge >= 0.3 is 6.09 Å². The van der Waals surface area contributed by atoms with E-state index in [1.165, 1.54) is 7.11 Å². The van der Waals surface area contributed by atoms with Crippen LogP contribution >= 0.6 is 0 Å². The number of carbonyl (C=O) groups excluding carboxylic acids is 2. The van der Waals surface area contributed by atoms with Gasteiger partial charge in [0.25, 0.3) is 0 Å². The second kappa shape index (κ2) is 3.61. The average molecular weight is 223 g/mol. The maximum Gasteiger partial charge on any atom is 0.410 e. The predicted octanol–water partition coefficient (Wildman–Crippen LogP) is 1.61. The smallest absolute Gasteiger partial charge is 0.410 e. The SMILES string of the molecule is COC(=O)N1C[C@@H]2C=C[C@@]1(C)[C@@H](C(C)=O)C2. The summed E-state index contributed by atoms with van der Waals surface area (Å²) < 4.78 is 4.78. The standard InChI is InChI=1S/C12H17NO3/c1-8(14)10-6-9-4-5-12(10,2)13(7-9)11(15)16-3/h4-5,9-10H,6-7H2,1-3H3/t9-,10-,12+/m1/s1. The molecule has 0 saturated carbocycles. The molecule has 1 amide bonds. The van der Waals surface area contributed by atoms with E-state index >= 15 is 0 Å². The molecule has 4 heteroatoms. The number of hydrogen-bond acceptors (Lipinski definition) is 3. The number of piperidine rings is 1. The van der Waals surface area contributed by atoms with Crippen molar-refractivity contribution in [2.24, 2.45) is 11.8 Å². The lowest BCUT2D eigenvalue weighted by atomic mass is 9.68. The zero-order valence-corrected chi connectivity index (χ0v) is 9.90. The van der Waals surface area contributed by atoms with Crippen LogP contribution < -0.4 is 0 Å². The molecule has 2 aliphatic heterocycles. The van der Waals surface area contributed by atoms with Crippen molar-refractivity contribution >= 4 is 11.9 Å². The van der Waals surface area contributed by atoms with E-state index in [2.05, 4.69) is 6.08 Å². The van der Waals surface area contributed by atoms with Crippen LogP contribution in [0.1, 0.15) is 20.3 Å². The first-order chi connectivity index (χ1) is 7.49. The highest BCUT2D eigenvalue weighted by Gasteiger charge is 2.50. The van der Waals surface area contributed by atoms with Crippen molar-refractivity contribution in [1.82, 2.24) is 4.90 Å². The summed E-state index contributed by atoms with van der Waals surface area (Å²) in [5, 5.41) is 0. The minimum Gasteiger partial charge on any atom is -0.453 e. The lowest BCUT2D eigenvalue weighted by Gasteiger charge is -2.52. The van der Waals surface area contributed by atoms with Gasteiger partial charge in [0.2, 0.25) is 0 Å². The minimum absolute atomic E-state index is 0.102. The Morgan fingerprint density at radius 1 is 1.50 bits per heavy atom. The number of Topliss-reactive ketones (excluding diaryl/α,β-unsaturated/α-hetero) is 1. The first kappa shape index (κ1) is 11.2. The van der Waals surface area contributed by atoms with Gasteiger partial charge in [0.15, 0.2) is 0 Å². The topological polar surface area (TPSA) is 46.6 Å². The minimum atomic E-state index is -0.506. The van der Waals surface area contributed by atoms with Crippen molar-refractivity contribution in [3.8, 4) is 0 Å². The first-order valence-electron chi connectivity index (χ1n) is 5.54. The van der Waals surface area contributed by atoms with Crippen molar-refractivity contribution in [1.29, 1.82) is 0 Å². The Balaban J connectivity index is 2.36. The second-order valence-electron chi connectivity index (χ2n) is 4.82. The molecule has 0 aromatic rings. The zero-order chi connectivity index (χ0) is 11.9. The van der Waals surface area contributed by atoms with Gasteiger partial charge in [-0.05, 0) is 26.2 Å². The zero-order valence-electron chi connectivity index (χ0n) is 9.90. The first-order valence-corrected chi connectivity index (χ1v) is 5.54. The van der Waals surface area contributed by atoms with E-state index in [9.17, 15) is 9.59 Å². The molecule has 0 radical (unpaired) electrons. The molecule has 0 aromatic carbocycles. The van der Waals surface area contributed by atoms with Crippen molar-refractivity contribution < 1.29 is 14.3 Å². The molecule has 16 heavy (non-hydrogen) atoms. The molecule has 3 atom stereocenters. The molecule has 0 spiro atoms. The van der Waals surface area contributed by atoms with Gasteiger partial charge in [-0.25, -0.2) is 4.79 Å². The maximum atomic E-state index is 11.7. The second-order valence-corrected chi connectivity index (χ2v) is 4.82. The van der Waals surface area contributed by atoms with Gasteiger partial charge in [0, 0.05) is 12.5 Å². The molecular formula is C12H17NO3. The Bertz CT molecular complexity index is 363. The number of carbonyl (C=O) groups is 2. The monoisotopic (exact) mass is 223 g/mol. The Morgan fingerprint density at radius 2 is 2.19 bits per heavy atom. The lowest BCUT2D eigenvalue weighted by molar-refractivity contribution is -0.127. The Kier molecular flexibility index (Phi) is 2.52. The van der Waals surface area contributed by atoms with Crippen LogP contribution in [0, 0.1) is 11.8 Å². The number of amides is 1. The van der Waals surface area contributed by atoms with Gasteiger partial charge in [0.05, 0.1) is 12.6 Å². The Labute approximate surface area is 95.2 Å². The molecule has 0 unspecified atom stereocenters. The number of methoxy groups -OCH3 is 1. The molecule has 88 valence electrons. The fraction of sp³-hybridized carbons (Fsp3) is 0.667. The third-order valence-corrected chi connectivity index (χ3v) is 3.83. The highest BCUT2D eigenvalue weighted by atomic mass is 16.5. The molecule has 3 aliphatic rings. The Morgan fingerprint density at radius 3 is 2.75 bits per heavy atom. The van der Waals surface area contributed by atoms with Crippen LogP contribution in [0.3, 0.4) is 0 Å². The summed E-state index contributed by atoms with van der Waals surface area (Å²) in [5.41, 5.74) is -0.506. The van der Waals surface area contributed by atoms with Crippen LogP contribution in [0.15, 0.2) is 12.2 Å². The van der Waals surface area contributed by atoms with Gasteiger partial charge in [0.1, 0.15) is 5.78 Å². The predicted molar refractivity (Wildman–Crippen MR) is 58.9 cm³/mol. The van der Waals surface area contributed by atoms with Gasteiger partial charge in [-0.15, -0.1) is 0 Å². The number of ether oxygens (including phenoxy) is 1. The summed E-state index contributed by atoms with van der Waals surface area (Å²) in [4.78, 5) is 25.0. The highest BCUT2D eigenvalue weighted by molar-refractivity contribution is 5.82. The summed E-state index contributed by atoms with van der Waals surface area (Å²) in [5.74, 6) is 0.329. The maximum absolute atomic E-state index is 11.7. The normalized spacial score (nSPS) is 36.3. The summed E-state index contributed by atoms with van der Waals surface area (Å²) in [6.45, 7) is 4.19. The number of hydrogen-bond donors (Lipinski definition) is 0. The largest absolute Gasteiger partial charge is 0.453 e. The van der Waals surface area contributed by atoms with Crippen LogP contribution in [0.5, 0.6) is 0 Å². The van der Waals surface area contributed by atoms with Gasteiger partial charge < -0.3 is 4.74 Å². The van der Waals surface area contributed by atoms with Crippen molar-refractivity contribution in [3.63, 3.8) is 0 Å². The molecule has 0 N–H and O–H groups in total. The van der Waals surface area contributed by atoms with E-state index in [0.29, 0.717) is 6.54 Å². The third-order valence-electron chi connectivity index (χ3n) is 3.83. The summed E-state index contributed by atoms with van der Waals surface area (Å²) in [6, 6.07) is 0. The van der Waals surface area contributed by atoms with Gasteiger partial charge in [-0.2, -0.15) is 0 Å². The van der Waals surface area contributed by atoms with E-state index in [1.807, 2.05) is 13.0 Å². The molecule has 0 aromatic heterocycles. The van der Waals surface area contributed by atoms with Gasteiger partial charge in [-0.3, -0.25) is 9.69 Å².